The van der Waals surface area contributed by atoms with Crippen molar-refractivity contribution in [1.29, 1.82) is 0 Å². The van der Waals surface area contributed by atoms with E-state index in [0.717, 1.165) is 12.5 Å². The van der Waals surface area contributed by atoms with Gasteiger partial charge in [-0.15, -0.1) is 0 Å². The van der Waals surface area contributed by atoms with E-state index < -0.39 is 42.1 Å². The van der Waals surface area contributed by atoms with Crippen LogP contribution in [0.15, 0.2) is 0 Å². The summed E-state index contributed by atoms with van der Waals surface area (Å²) in [5, 5.41) is 0.692. The quantitative estimate of drug-likeness (QED) is 0.302. The Labute approximate surface area is 153 Å². The predicted octanol–water partition coefficient (Wildman–Crippen LogP) is 1.99. The van der Waals surface area contributed by atoms with Gasteiger partial charge in [-0.2, -0.15) is 16.8 Å². The Bertz CT molecular complexity index is 447. The normalized spacial score (nSPS) is 19.3. The SMILES string of the molecule is CS(=O)(=O)OC(C(Br)CBr)C(OS(C)(=O)=O)C(Br)CBr. The molecular weight excluding hydrogens is 576 g/mol. The van der Waals surface area contributed by atoms with Crippen LogP contribution in [0.4, 0.5) is 0 Å². The van der Waals surface area contributed by atoms with Gasteiger partial charge in [-0.25, -0.2) is 0 Å². The Morgan fingerprint density at radius 3 is 1.20 bits per heavy atom. The molecule has 0 N–H and O–H groups in total. The second-order valence-electron chi connectivity index (χ2n) is 3.87. The molecule has 0 aliphatic rings. The fourth-order valence-electron chi connectivity index (χ4n) is 1.22. The van der Waals surface area contributed by atoms with Gasteiger partial charge in [0.15, 0.2) is 0 Å². The van der Waals surface area contributed by atoms with Crippen LogP contribution >= 0.6 is 63.7 Å². The molecule has 0 aliphatic carbocycles. The van der Waals surface area contributed by atoms with E-state index in [1.807, 2.05) is 0 Å². The molecule has 20 heavy (non-hydrogen) atoms. The third-order valence-corrected chi connectivity index (χ3v) is 7.87. The summed E-state index contributed by atoms with van der Waals surface area (Å²) in [5.41, 5.74) is 0. The number of halogens is 4. The van der Waals surface area contributed by atoms with Crippen molar-refractivity contribution in [2.75, 3.05) is 23.2 Å². The highest BCUT2D eigenvalue weighted by molar-refractivity contribution is 9.12. The first-order valence-corrected chi connectivity index (χ1v) is 12.8. The summed E-state index contributed by atoms with van der Waals surface area (Å²) in [6.07, 6.45) is -0.270. The number of hydrogen-bond donors (Lipinski definition) is 0. The second-order valence-corrected chi connectivity index (χ2v) is 10.7. The number of hydrogen-bond acceptors (Lipinski definition) is 6. The molecule has 6 nitrogen and oxygen atoms in total. The third kappa shape index (κ3) is 9.01. The molecule has 0 aliphatic heterocycles. The van der Waals surface area contributed by atoms with E-state index in [1.54, 1.807) is 0 Å². The van der Waals surface area contributed by atoms with Crippen LogP contribution in [0.2, 0.25) is 0 Å². The van der Waals surface area contributed by atoms with Gasteiger partial charge >= 0.3 is 0 Å². The Balaban J connectivity index is 5.49. The van der Waals surface area contributed by atoms with Crippen molar-refractivity contribution in [2.24, 2.45) is 0 Å². The molecule has 0 aromatic heterocycles. The molecule has 0 aromatic carbocycles. The molecule has 0 saturated carbocycles. The van der Waals surface area contributed by atoms with Crippen LogP contribution in [0, 0.1) is 0 Å². The maximum absolute atomic E-state index is 11.4. The molecule has 0 saturated heterocycles. The topological polar surface area (TPSA) is 86.7 Å². The molecule has 0 radical (unpaired) electrons. The van der Waals surface area contributed by atoms with E-state index in [9.17, 15) is 16.8 Å². The van der Waals surface area contributed by atoms with Crippen molar-refractivity contribution >= 4 is 84.0 Å². The van der Waals surface area contributed by atoms with E-state index in [-0.39, 0.29) is 0 Å². The summed E-state index contributed by atoms with van der Waals surface area (Å²) in [4.78, 5) is -0.939. The van der Waals surface area contributed by atoms with Crippen molar-refractivity contribution < 1.29 is 25.2 Å². The Kier molecular flexibility index (Phi) is 9.93. The molecule has 0 heterocycles. The largest absolute Gasteiger partial charge is 0.264 e. The summed E-state index contributed by atoms with van der Waals surface area (Å²) < 4.78 is 55.4. The van der Waals surface area contributed by atoms with Crippen LogP contribution in [-0.4, -0.2) is 61.9 Å². The maximum atomic E-state index is 11.4. The standard InChI is InChI=1S/C8H14Br4O6S2/c1-19(13,14)17-7(5(11)3-9)8(6(12)4-10)18-20(2,15)16/h5-8H,3-4H2,1-2H3. The highest BCUT2D eigenvalue weighted by atomic mass is 79.9. The Morgan fingerprint density at radius 1 is 0.800 bits per heavy atom. The summed E-state index contributed by atoms with van der Waals surface area (Å²) >= 11 is 12.9. The van der Waals surface area contributed by atoms with Gasteiger partial charge < -0.3 is 0 Å². The van der Waals surface area contributed by atoms with Crippen LogP contribution in [0.3, 0.4) is 0 Å². The molecule has 0 aromatic rings. The van der Waals surface area contributed by atoms with Gasteiger partial charge in [-0.1, -0.05) is 63.7 Å². The van der Waals surface area contributed by atoms with Gasteiger partial charge in [0.25, 0.3) is 20.2 Å². The minimum Gasteiger partial charge on any atom is -0.263 e. The fourth-order valence-corrected chi connectivity index (χ4v) is 4.36. The second kappa shape index (κ2) is 9.14. The van der Waals surface area contributed by atoms with E-state index in [2.05, 4.69) is 63.7 Å². The lowest BCUT2D eigenvalue weighted by atomic mass is 10.1. The van der Waals surface area contributed by atoms with E-state index >= 15 is 0 Å². The van der Waals surface area contributed by atoms with Gasteiger partial charge in [-0.3, -0.25) is 8.37 Å². The molecule has 0 rings (SSSR count). The highest BCUT2D eigenvalue weighted by Gasteiger charge is 2.38. The van der Waals surface area contributed by atoms with Crippen LogP contribution in [0.1, 0.15) is 0 Å². The van der Waals surface area contributed by atoms with Gasteiger partial charge in [-0.05, 0) is 0 Å². The van der Waals surface area contributed by atoms with Gasteiger partial charge in [0.2, 0.25) is 0 Å². The summed E-state index contributed by atoms with van der Waals surface area (Å²) in [6.45, 7) is 0. The predicted molar refractivity (Wildman–Crippen MR) is 92.5 cm³/mol. The zero-order chi connectivity index (χ0) is 16.1. The average Bonchev–Trinajstić information content (AvgIpc) is 2.29. The molecule has 4 atom stereocenters. The average molecular weight is 590 g/mol. The molecule has 0 spiro atoms. The summed E-state index contributed by atoms with van der Waals surface area (Å²) in [7, 11) is -7.57. The van der Waals surface area contributed by atoms with Crippen LogP contribution in [0.25, 0.3) is 0 Å². The third-order valence-electron chi connectivity index (χ3n) is 1.90. The van der Waals surface area contributed by atoms with Crippen molar-refractivity contribution in [1.82, 2.24) is 0 Å². The zero-order valence-corrected chi connectivity index (χ0v) is 18.5. The maximum Gasteiger partial charge on any atom is 0.264 e. The van der Waals surface area contributed by atoms with Gasteiger partial charge in [0.1, 0.15) is 12.2 Å². The Hall–Kier alpha value is 1.74. The molecular formula is C8H14Br4O6S2. The highest BCUT2D eigenvalue weighted by Crippen LogP contribution is 2.27. The number of alkyl halides is 4. The molecule has 0 fully saturated rings. The zero-order valence-electron chi connectivity index (χ0n) is 10.5. The van der Waals surface area contributed by atoms with Crippen molar-refractivity contribution in [2.45, 2.75) is 21.9 Å². The van der Waals surface area contributed by atoms with E-state index in [4.69, 9.17) is 8.37 Å². The molecule has 122 valence electrons. The smallest absolute Gasteiger partial charge is 0.263 e. The van der Waals surface area contributed by atoms with Crippen molar-refractivity contribution in [3.63, 3.8) is 0 Å². The van der Waals surface area contributed by atoms with Crippen molar-refractivity contribution in [3.8, 4) is 0 Å². The lowest BCUT2D eigenvalue weighted by molar-refractivity contribution is 0.0702. The lowest BCUT2D eigenvalue weighted by Gasteiger charge is -2.30. The minimum absolute atomic E-state index is 0.346. The van der Waals surface area contributed by atoms with Crippen molar-refractivity contribution in [3.05, 3.63) is 0 Å². The molecule has 0 amide bonds. The lowest BCUT2D eigenvalue weighted by Crippen LogP contribution is -2.46. The van der Waals surface area contributed by atoms with E-state index in [1.165, 1.54) is 0 Å². The summed E-state index contributed by atoms with van der Waals surface area (Å²) in [6, 6.07) is 0. The molecule has 0 bridgehead atoms. The first-order valence-electron chi connectivity index (χ1n) is 5.08. The number of rotatable bonds is 9. The first kappa shape index (κ1) is 21.7. The van der Waals surface area contributed by atoms with Crippen LogP contribution in [0.5, 0.6) is 0 Å². The van der Waals surface area contributed by atoms with E-state index in [0.29, 0.717) is 10.7 Å². The van der Waals surface area contributed by atoms with Gasteiger partial charge in [0.05, 0.1) is 22.2 Å². The monoisotopic (exact) mass is 586 g/mol. The summed E-state index contributed by atoms with van der Waals surface area (Å²) in [5.74, 6) is 0. The minimum atomic E-state index is -3.78. The fraction of sp³-hybridized carbons (Fsp3) is 1.00. The molecule has 4 unspecified atom stereocenters. The Morgan fingerprint density at radius 2 is 1.05 bits per heavy atom. The van der Waals surface area contributed by atoms with Crippen LogP contribution in [-0.2, 0) is 28.6 Å². The van der Waals surface area contributed by atoms with Gasteiger partial charge in [0, 0.05) is 10.7 Å². The first-order chi connectivity index (χ1) is 8.91. The van der Waals surface area contributed by atoms with Crippen LogP contribution < -0.4 is 0 Å². The molecule has 12 heteroatoms.